The number of amides is 1. The molecule has 0 aliphatic carbocycles. The van der Waals surface area contributed by atoms with Crippen molar-refractivity contribution in [2.75, 3.05) is 0 Å². The van der Waals surface area contributed by atoms with E-state index in [2.05, 4.69) is 60.9 Å². The minimum absolute atomic E-state index is 0.282. The van der Waals surface area contributed by atoms with Gasteiger partial charge in [-0.05, 0) is 43.0 Å². The number of hydrogen-bond donors (Lipinski definition) is 1. The summed E-state index contributed by atoms with van der Waals surface area (Å²) in [5.41, 5.74) is 11.4. The molecule has 0 radical (unpaired) electrons. The van der Waals surface area contributed by atoms with Crippen LogP contribution >= 0.6 is 0 Å². The Hall–Kier alpha value is -2.55. The summed E-state index contributed by atoms with van der Waals surface area (Å²) in [5, 5.41) is 1.14. The molecule has 0 aliphatic rings. The number of carbonyl (C=O) groups excluding carboxylic acids is 1. The first-order chi connectivity index (χ1) is 11.1. The lowest BCUT2D eigenvalue weighted by atomic mass is 10.1. The predicted octanol–water partition coefficient (Wildman–Crippen LogP) is 3.53. The Bertz CT molecular complexity index is 847. The summed E-state index contributed by atoms with van der Waals surface area (Å²) < 4.78 is 2.31. The summed E-state index contributed by atoms with van der Waals surface area (Å²) in [6, 6.07) is 16.9. The molecule has 118 valence electrons. The van der Waals surface area contributed by atoms with Gasteiger partial charge in [0.2, 0.25) is 5.91 Å². The molecule has 3 rings (SSSR count). The van der Waals surface area contributed by atoms with E-state index in [1.54, 1.807) is 0 Å². The maximum Gasteiger partial charge on any atom is 0.221 e. The van der Waals surface area contributed by atoms with E-state index in [0.717, 1.165) is 29.6 Å². The largest absolute Gasteiger partial charge is 0.369 e. The number of primary amides is 1. The fourth-order valence-corrected chi connectivity index (χ4v) is 3.23. The van der Waals surface area contributed by atoms with Crippen LogP contribution in [0.3, 0.4) is 0 Å². The Morgan fingerprint density at radius 1 is 1.09 bits per heavy atom. The van der Waals surface area contributed by atoms with Gasteiger partial charge in [0, 0.05) is 23.1 Å². The lowest BCUT2D eigenvalue weighted by molar-refractivity contribution is -0.117. The Morgan fingerprint density at radius 2 is 1.83 bits per heavy atom. The molecule has 0 unspecified atom stereocenters. The van der Waals surface area contributed by atoms with Gasteiger partial charge in [0.1, 0.15) is 0 Å². The van der Waals surface area contributed by atoms with Crippen LogP contribution in [-0.2, 0) is 24.2 Å². The topological polar surface area (TPSA) is 48.0 Å². The van der Waals surface area contributed by atoms with E-state index >= 15 is 0 Å². The van der Waals surface area contributed by atoms with Crippen LogP contribution < -0.4 is 5.73 Å². The third kappa shape index (κ3) is 3.14. The smallest absolute Gasteiger partial charge is 0.221 e. The lowest BCUT2D eigenvalue weighted by Gasteiger charge is -2.09. The van der Waals surface area contributed by atoms with E-state index in [0.29, 0.717) is 6.42 Å². The molecule has 0 bridgehead atoms. The number of nitrogens with zero attached hydrogens (tertiary/aromatic N) is 1. The zero-order valence-electron chi connectivity index (χ0n) is 13.7. The number of aryl methyl sites for hydroxylation is 3. The Labute approximate surface area is 136 Å². The van der Waals surface area contributed by atoms with Crippen molar-refractivity contribution in [3.05, 3.63) is 70.9 Å². The van der Waals surface area contributed by atoms with Crippen molar-refractivity contribution in [3.63, 3.8) is 0 Å². The molecule has 3 heteroatoms. The van der Waals surface area contributed by atoms with Crippen molar-refractivity contribution < 1.29 is 4.79 Å². The first-order valence-corrected chi connectivity index (χ1v) is 7.97. The van der Waals surface area contributed by atoms with E-state index in [-0.39, 0.29) is 5.91 Å². The highest BCUT2D eigenvalue weighted by Crippen LogP contribution is 2.27. The molecular formula is C20H22N2O. The number of nitrogens with two attached hydrogens (primary N) is 1. The normalized spacial score (nSPS) is 11.0. The van der Waals surface area contributed by atoms with Gasteiger partial charge in [0.05, 0.1) is 6.42 Å². The number of rotatable bonds is 5. The van der Waals surface area contributed by atoms with Gasteiger partial charge in [-0.2, -0.15) is 0 Å². The Balaban J connectivity index is 2.02. The fraction of sp³-hybridized carbons (Fsp3) is 0.250. The predicted molar refractivity (Wildman–Crippen MR) is 94.5 cm³/mol. The van der Waals surface area contributed by atoms with Crippen molar-refractivity contribution in [1.29, 1.82) is 0 Å². The van der Waals surface area contributed by atoms with Crippen LogP contribution in [0.4, 0.5) is 0 Å². The summed E-state index contributed by atoms with van der Waals surface area (Å²) in [5.74, 6) is -0.282. The number of hydrogen-bond acceptors (Lipinski definition) is 1. The highest BCUT2D eigenvalue weighted by molar-refractivity contribution is 5.90. The third-order valence-electron chi connectivity index (χ3n) is 4.43. The van der Waals surface area contributed by atoms with Crippen molar-refractivity contribution in [2.45, 2.75) is 33.2 Å². The molecular weight excluding hydrogens is 284 g/mol. The molecule has 2 N–H and O–H groups in total. The van der Waals surface area contributed by atoms with Crippen molar-refractivity contribution in [1.82, 2.24) is 4.57 Å². The quantitative estimate of drug-likeness (QED) is 0.770. The van der Waals surface area contributed by atoms with Crippen molar-refractivity contribution in [2.24, 2.45) is 5.73 Å². The maximum absolute atomic E-state index is 11.4. The van der Waals surface area contributed by atoms with Crippen LogP contribution in [0.2, 0.25) is 0 Å². The third-order valence-corrected chi connectivity index (χ3v) is 4.43. The van der Waals surface area contributed by atoms with Gasteiger partial charge in [-0.3, -0.25) is 4.79 Å². The fourth-order valence-electron chi connectivity index (χ4n) is 3.23. The van der Waals surface area contributed by atoms with Gasteiger partial charge in [0.25, 0.3) is 0 Å². The molecule has 0 saturated carbocycles. The van der Waals surface area contributed by atoms with Crippen LogP contribution in [0.1, 0.15) is 22.4 Å². The second-order valence-corrected chi connectivity index (χ2v) is 6.11. The van der Waals surface area contributed by atoms with Gasteiger partial charge in [0.15, 0.2) is 0 Å². The van der Waals surface area contributed by atoms with Crippen LogP contribution in [-0.4, -0.2) is 10.5 Å². The standard InChI is InChI=1S/C20H22N2O/c1-14-8-9-17-18(13-20(21)23)15(2)22(19(17)12-14)11-10-16-6-4-3-5-7-16/h3-9,12H,10-11,13H2,1-2H3,(H2,21,23). The minimum atomic E-state index is -0.282. The van der Waals surface area contributed by atoms with Crippen LogP contribution in [0.5, 0.6) is 0 Å². The number of benzene rings is 2. The van der Waals surface area contributed by atoms with Gasteiger partial charge in [-0.1, -0.05) is 42.5 Å². The van der Waals surface area contributed by atoms with Gasteiger partial charge in [-0.15, -0.1) is 0 Å². The molecule has 2 aromatic carbocycles. The molecule has 1 aromatic heterocycles. The summed E-state index contributed by atoms with van der Waals surface area (Å²) in [6.45, 7) is 5.07. The second kappa shape index (κ2) is 6.29. The van der Waals surface area contributed by atoms with Gasteiger partial charge < -0.3 is 10.3 Å². The molecule has 1 heterocycles. The van der Waals surface area contributed by atoms with E-state index < -0.39 is 0 Å². The SMILES string of the molecule is Cc1ccc2c(CC(N)=O)c(C)n(CCc3ccccc3)c2c1. The molecule has 0 atom stereocenters. The zero-order valence-corrected chi connectivity index (χ0v) is 13.7. The summed E-state index contributed by atoms with van der Waals surface area (Å²) >= 11 is 0. The average molecular weight is 306 g/mol. The van der Waals surface area contributed by atoms with E-state index in [4.69, 9.17) is 5.73 Å². The summed E-state index contributed by atoms with van der Waals surface area (Å²) in [4.78, 5) is 11.4. The number of carbonyl (C=O) groups is 1. The monoisotopic (exact) mass is 306 g/mol. The molecule has 0 fully saturated rings. The summed E-state index contributed by atoms with van der Waals surface area (Å²) in [6.07, 6.45) is 1.26. The number of fused-ring (bicyclic) bond motifs is 1. The number of aromatic nitrogens is 1. The molecule has 3 nitrogen and oxygen atoms in total. The Kier molecular flexibility index (Phi) is 4.20. The molecule has 1 amide bonds. The molecule has 0 saturated heterocycles. The second-order valence-electron chi connectivity index (χ2n) is 6.11. The highest BCUT2D eigenvalue weighted by atomic mass is 16.1. The van der Waals surface area contributed by atoms with Gasteiger partial charge >= 0.3 is 0 Å². The van der Waals surface area contributed by atoms with Crippen LogP contribution in [0.15, 0.2) is 48.5 Å². The van der Waals surface area contributed by atoms with E-state index in [1.807, 2.05) is 6.07 Å². The molecule has 23 heavy (non-hydrogen) atoms. The maximum atomic E-state index is 11.4. The molecule has 0 aliphatic heterocycles. The molecule has 0 spiro atoms. The first kappa shape index (κ1) is 15.3. The van der Waals surface area contributed by atoms with Crippen LogP contribution in [0, 0.1) is 13.8 Å². The Morgan fingerprint density at radius 3 is 2.52 bits per heavy atom. The summed E-state index contributed by atoms with van der Waals surface area (Å²) in [7, 11) is 0. The van der Waals surface area contributed by atoms with E-state index in [9.17, 15) is 4.79 Å². The minimum Gasteiger partial charge on any atom is -0.369 e. The van der Waals surface area contributed by atoms with Crippen LogP contribution in [0.25, 0.3) is 10.9 Å². The van der Waals surface area contributed by atoms with Crippen molar-refractivity contribution in [3.8, 4) is 0 Å². The van der Waals surface area contributed by atoms with Crippen molar-refractivity contribution >= 4 is 16.8 Å². The first-order valence-electron chi connectivity index (χ1n) is 7.97. The van der Waals surface area contributed by atoms with E-state index in [1.165, 1.54) is 16.6 Å². The highest BCUT2D eigenvalue weighted by Gasteiger charge is 2.15. The lowest BCUT2D eigenvalue weighted by Crippen LogP contribution is -2.14. The zero-order chi connectivity index (χ0) is 16.4. The average Bonchev–Trinajstić information content (AvgIpc) is 2.77. The molecule has 3 aromatic rings. The van der Waals surface area contributed by atoms with Gasteiger partial charge in [-0.25, -0.2) is 0 Å².